The standard InChI is InChI=1S/C38H37N3O6S/c1-48(44,45)47-37(34(30-19-10-4-11-20-30)31-21-12-5-13-22-31)32-23-14-24-41(32)38(43)35-36(42)33(46-27-29-17-8-3-9-18-29)26-40(39-35)25-28-15-6-2-7-16-28/h2-13,15-22,26,32,34,37H,14,23-25,27H2,1H3/t32-,37+/m1/s1. The van der Waals surface area contributed by atoms with E-state index in [0.717, 1.165) is 28.5 Å². The summed E-state index contributed by atoms with van der Waals surface area (Å²) < 4.78 is 39.1. The Morgan fingerprint density at radius 2 is 1.38 bits per heavy atom. The maximum Gasteiger partial charge on any atom is 0.278 e. The van der Waals surface area contributed by atoms with E-state index in [4.69, 9.17) is 8.92 Å². The Balaban J connectivity index is 1.40. The predicted molar refractivity (Wildman–Crippen MR) is 183 cm³/mol. The molecule has 2 heterocycles. The maximum atomic E-state index is 14.5. The first-order chi connectivity index (χ1) is 23.3. The number of benzene rings is 4. The third kappa shape index (κ3) is 7.90. The van der Waals surface area contributed by atoms with E-state index >= 15 is 0 Å². The van der Waals surface area contributed by atoms with Crippen molar-refractivity contribution in [2.45, 2.75) is 44.1 Å². The summed E-state index contributed by atoms with van der Waals surface area (Å²) in [4.78, 5) is 29.9. The molecule has 4 aromatic carbocycles. The van der Waals surface area contributed by atoms with Gasteiger partial charge < -0.3 is 9.64 Å². The molecule has 0 unspecified atom stereocenters. The second kappa shape index (κ2) is 14.8. The third-order valence-electron chi connectivity index (χ3n) is 8.43. The summed E-state index contributed by atoms with van der Waals surface area (Å²) in [5.74, 6) is -1.13. The van der Waals surface area contributed by atoms with E-state index in [2.05, 4.69) is 5.10 Å². The van der Waals surface area contributed by atoms with Crippen LogP contribution < -0.4 is 10.2 Å². The Morgan fingerprint density at radius 1 is 0.833 bits per heavy atom. The Hall–Kier alpha value is -5.06. The highest BCUT2D eigenvalue weighted by Crippen LogP contribution is 2.37. The van der Waals surface area contributed by atoms with Gasteiger partial charge >= 0.3 is 0 Å². The Kier molecular flexibility index (Phi) is 10.1. The van der Waals surface area contributed by atoms with Gasteiger partial charge in [0.1, 0.15) is 12.7 Å². The monoisotopic (exact) mass is 663 g/mol. The number of amides is 1. The number of nitrogens with zero attached hydrogens (tertiary/aromatic N) is 3. The number of carbonyl (C=O) groups excluding carboxylic acids is 1. The van der Waals surface area contributed by atoms with E-state index in [9.17, 15) is 18.0 Å². The molecule has 0 spiro atoms. The lowest BCUT2D eigenvalue weighted by atomic mass is 9.83. The van der Waals surface area contributed by atoms with E-state index in [1.807, 2.05) is 121 Å². The van der Waals surface area contributed by atoms with Gasteiger partial charge in [-0.3, -0.25) is 18.5 Å². The zero-order chi connectivity index (χ0) is 33.5. The van der Waals surface area contributed by atoms with Crippen LogP contribution in [0.1, 0.15) is 51.5 Å². The average Bonchev–Trinajstić information content (AvgIpc) is 3.59. The fourth-order valence-corrected chi connectivity index (χ4v) is 6.94. The van der Waals surface area contributed by atoms with Crippen LogP contribution in [-0.2, 0) is 27.5 Å². The molecule has 0 saturated carbocycles. The lowest BCUT2D eigenvalue weighted by Gasteiger charge is -2.36. The van der Waals surface area contributed by atoms with Gasteiger partial charge in [0.2, 0.25) is 0 Å². The third-order valence-corrected chi connectivity index (χ3v) is 9.00. The van der Waals surface area contributed by atoms with Crippen LogP contribution in [0.5, 0.6) is 5.75 Å². The van der Waals surface area contributed by atoms with Gasteiger partial charge in [-0.2, -0.15) is 13.5 Å². The van der Waals surface area contributed by atoms with Gasteiger partial charge in [-0.05, 0) is 35.1 Å². The minimum atomic E-state index is -3.96. The second-order valence-electron chi connectivity index (χ2n) is 11.9. The number of likely N-dealkylation sites (tertiary alicyclic amines) is 1. The van der Waals surface area contributed by atoms with Crippen LogP contribution in [0.15, 0.2) is 132 Å². The van der Waals surface area contributed by atoms with Gasteiger partial charge in [0.05, 0.1) is 25.0 Å². The highest BCUT2D eigenvalue weighted by molar-refractivity contribution is 7.86. The van der Waals surface area contributed by atoms with E-state index < -0.39 is 39.5 Å². The summed E-state index contributed by atoms with van der Waals surface area (Å²) in [7, 11) is -3.96. The average molecular weight is 664 g/mol. The molecule has 1 fully saturated rings. The molecule has 9 nitrogen and oxygen atoms in total. The molecule has 0 bridgehead atoms. The number of hydrogen-bond donors (Lipinski definition) is 0. The smallest absolute Gasteiger partial charge is 0.278 e. The van der Waals surface area contributed by atoms with Crippen LogP contribution in [0.3, 0.4) is 0 Å². The Bertz CT molecular complexity index is 1950. The van der Waals surface area contributed by atoms with Crippen LogP contribution in [0, 0.1) is 0 Å². The molecule has 5 aromatic rings. The summed E-state index contributed by atoms with van der Waals surface area (Å²) in [6, 6.07) is 37.4. The fraction of sp³-hybridized carbons (Fsp3) is 0.237. The second-order valence-corrected chi connectivity index (χ2v) is 13.5. The maximum absolute atomic E-state index is 14.5. The first-order valence-electron chi connectivity index (χ1n) is 15.9. The molecule has 0 aliphatic carbocycles. The first kappa shape index (κ1) is 32.9. The van der Waals surface area contributed by atoms with Gasteiger partial charge in [0.15, 0.2) is 11.4 Å². The summed E-state index contributed by atoms with van der Waals surface area (Å²) in [5.41, 5.74) is 2.55. The van der Waals surface area contributed by atoms with Crippen molar-refractivity contribution in [3.05, 3.63) is 166 Å². The number of aromatic nitrogens is 2. The van der Waals surface area contributed by atoms with E-state index in [1.54, 1.807) is 4.90 Å². The van der Waals surface area contributed by atoms with Crippen molar-refractivity contribution in [3.63, 3.8) is 0 Å². The number of ether oxygens (including phenoxy) is 1. The van der Waals surface area contributed by atoms with Crippen LogP contribution in [-0.4, -0.2) is 54.0 Å². The van der Waals surface area contributed by atoms with Crippen molar-refractivity contribution in [2.75, 3.05) is 12.8 Å². The first-order valence-corrected chi connectivity index (χ1v) is 17.7. The van der Waals surface area contributed by atoms with Crippen molar-refractivity contribution in [2.24, 2.45) is 0 Å². The molecule has 1 amide bonds. The lowest BCUT2D eigenvalue weighted by Crippen LogP contribution is -2.48. The van der Waals surface area contributed by atoms with Gasteiger partial charge in [0.25, 0.3) is 21.5 Å². The van der Waals surface area contributed by atoms with E-state index in [1.165, 1.54) is 10.9 Å². The van der Waals surface area contributed by atoms with E-state index in [-0.39, 0.29) is 18.1 Å². The number of hydrogen-bond acceptors (Lipinski definition) is 7. The van der Waals surface area contributed by atoms with E-state index in [0.29, 0.717) is 25.9 Å². The molecule has 6 rings (SSSR count). The SMILES string of the molecule is CS(=O)(=O)O[C@H](C(c1ccccc1)c1ccccc1)[C@H]1CCCN1C(=O)c1nn(Cc2ccccc2)cc(OCc2ccccc2)c1=O. The highest BCUT2D eigenvalue weighted by atomic mass is 32.2. The number of carbonyl (C=O) groups is 1. The molecule has 10 heteroatoms. The molecule has 0 radical (unpaired) electrons. The minimum Gasteiger partial charge on any atom is -0.483 e. The van der Waals surface area contributed by atoms with Gasteiger partial charge in [0, 0.05) is 12.5 Å². The molecule has 246 valence electrons. The quantitative estimate of drug-likeness (QED) is 0.159. The summed E-state index contributed by atoms with van der Waals surface area (Å²) in [6.45, 7) is 0.736. The summed E-state index contributed by atoms with van der Waals surface area (Å²) in [5, 5.41) is 4.53. The van der Waals surface area contributed by atoms with Gasteiger partial charge in [-0.15, -0.1) is 0 Å². The molecule has 1 aliphatic rings. The van der Waals surface area contributed by atoms with Gasteiger partial charge in [-0.25, -0.2) is 0 Å². The zero-order valence-corrected chi connectivity index (χ0v) is 27.4. The minimum absolute atomic E-state index is 0.000681. The van der Waals surface area contributed by atoms with Crippen LogP contribution in [0.25, 0.3) is 0 Å². The normalized spacial score (nSPS) is 15.4. The lowest BCUT2D eigenvalue weighted by molar-refractivity contribution is 0.0526. The molecule has 48 heavy (non-hydrogen) atoms. The topological polar surface area (TPSA) is 108 Å². The predicted octanol–water partition coefficient (Wildman–Crippen LogP) is 5.65. The molecule has 0 N–H and O–H groups in total. The van der Waals surface area contributed by atoms with Crippen molar-refractivity contribution in [1.29, 1.82) is 0 Å². The van der Waals surface area contributed by atoms with Crippen LogP contribution >= 0.6 is 0 Å². The molecule has 1 saturated heterocycles. The molecule has 1 aliphatic heterocycles. The summed E-state index contributed by atoms with van der Waals surface area (Å²) in [6.07, 6.45) is 2.64. The molecule has 1 aromatic heterocycles. The van der Waals surface area contributed by atoms with Crippen molar-refractivity contribution < 1.29 is 22.1 Å². The Labute approximate surface area is 280 Å². The van der Waals surface area contributed by atoms with Crippen LogP contribution in [0.4, 0.5) is 0 Å². The Morgan fingerprint density at radius 3 is 1.94 bits per heavy atom. The van der Waals surface area contributed by atoms with Crippen LogP contribution in [0.2, 0.25) is 0 Å². The van der Waals surface area contributed by atoms with Crippen molar-refractivity contribution in [1.82, 2.24) is 14.7 Å². The molecule has 2 atom stereocenters. The summed E-state index contributed by atoms with van der Waals surface area (Å²) >= 11 is 0. The van der Waals surface area contributed by atoms with Gasteiger partial charge in [-0.1, -0.05) is 121 Å². The fourth-order valence-electron chi connectivity index (χ4n) is 6.30. The zero-order valence-electron chi connectivity index (χ0n) is 26.6. The largest absolute Gasteiger partial charge is 0.483 e. The number of rotatable bonds is 12. The van der Waals surface area contributed by atoms with Crippen molar-refractivity contribution >= 4 is 16.0 Å². The molecular weight excluding hydrogens is 627 g/mol. The highest BCUT2D eigenvalue weighted by Gasteiger charge is 2.43. The molecular formula is C38H37N3O6S. The van der Waals surface area contributed by atoms with Crippen molar-refractivity contribution in [3.8, 4) is 5.75 Å².